The van der Waals surface area contributed by atoms with Crippen LogP contribution in [0, 0.1) is 0 Å². The molecule has 6 nitrogen and oxygen atoms in total. The van der Waals surface area contributed by atoms with Crippen molar-refractivity contribution in [1.29, 1.82) is 0 Å². The molecule has 1 aromatic rings. The highest BCUT2D eigenvalue weighted by Gasteiger charge is 2.24. The van der Waals surface area contributed by atoms with E-state index in [2.05, 4.69) is 25.6 Å². The first-order valence-electron chi connectivity index (χ1n) is 7.19. The summed E-state index contributed by atoms with van der Waals surface area (Å²) in [6, 6.07) is 3.05. The summed E-state index contributed by atoms with van der Waals surface area (Å²) < 4.78 is 38.8. The van der Waals surface area contributed by atoms with Crippen molar-refractivity contribution in [2.24, 2.45) is 0 Å². The zero-order chi connectivity index (χ0) is 17.0. The Labute approximate surface area is 150 Å². The van der Waals surface area contributed by atoms with Gasteiger partial charge in [0.1, 0.15) is 4.90 Å². The van der Waals surface area contributed by atoms with Crippen LogP contribution in [-0.2, 0) is 14.8 Å². The van der Waals surface area contributed by atoms with Gasteiger partial charge in [0.25, 0.3) is 0 Å². The molecule has 1 saturated heterocycles. The summed E-state index contributed by atoms with van der Waals surface area (Å²) in [5.74, 6) is 0.237. The number of halogens is 2. The second-order valence-electron chi connectivity index (χ2n) is 5.27. The van der Waals surface area contributed by atoms with Gasteiger partial charge in [-0.25, -0.2) is 13.1 Å². The van der Waals surface area contributed by atoms with E-state index in [1.54, 1.807) is 6.07 Å². The molecular formula is C14H20BrClN2O4S. The fourth-order valence-electron chi connectivity index (χ4n) is 2.39. The molecule has 0 aromatic heterocycles. The third kappa shape index (κ3) is 4.80. The Morgan fingerprint density at radius 1 is 1.43 bits per heavy atom. The fourth-order valence-corrected chi connectivity index (χ4v) is 4.89. The minimum Gasteiger partial charge on any atom is -0.494 e. The van der Waals surface area contributed by atoms with Crippen LogP contribution in [0.5, 0.6) is 5.75 Å². The molecule has 1 aromatic carbocycles. The van der Waals surface area contributed by atoms with Crippen molar-refractivity contribution >= 4 is 37.6 Å². The summed E-state index contributed by atoms with van der Waals surface area (Å²) in [5.41, 5.74) is 0. The van der Waals surface area contributed by atoms with Gasteiger partial charge >= 0.3 is 0 Å². The highest BCUT2D eigenvalue weighted by Crippen LogP contribution is 2.35. The minimum absolute atomic E-state index is 0.0218. The molecule has 23 heavy (non-hydrogen) atoms. The highest BCUT2D eigenvalue weighted by molar-refractivity contribution is 9.10. The van der Waals surface area contributed by atoms with Crippen molar-refractivity contribution in [3.8, 4) is 5.75 Å². The Balaban J connectivity index is 2.12. The van der Waals surface area contributed by atoms with Gasteiger partial charge in [0.15, 0.2) is 5.75 Å². The number of methoxy groups -OCH3 is 1. The lowest BCUT2D eigenvalue weighted by Crippen LogP contribution is -2.47. The molecule has 1 aliphatic rings. The van der Waals surface area contributed by atoms with Gasteiger partial charge in [0, 0.05) is 30.7 Å². The predicted molar refractivity (Wildman–Crippen MR) is 92.7 cm³/mol. The van der Waals surface area contributed by atoms with Crippen LogP contribution in [0.15, 0.2) is 21.5 Å². The summed E-state index contributed by atoms with van der Waals surface area (Å²) in [7, 11) is -2.31. The number of nitrogens with one attached hydrogen (secondary N) is 1. The first-order valence-corrected chi connectivity index (χ1v) is 9.85. The number of ether oxygens (including phenoxy) is 2. The van der Waals surface area contributed by atoms with Crippen LogP contribution < -0.4 is 9.46 Å². The number of sulfonamides is 1. The maximum Gasteiger partial charge on any atom is 0.244 e. The Kier molecular flexibility index (Phi) is 6.70. The van der Waals surface area contributed by atoms with Gasteiger partial charge in [-0.3, -0.25) is 4.90 Å². The number of benzene rings is 1. The molecule has 2 rings (SSSR count). The molecule has 0 amide bonds. The molecule has 0 aliphatic carbocycles. The number of hydrogen-bond donors (Lipinski definition) is 1. The molecule has 0 unspecified atom stereocenters. The van der Waals surface area contributed by atoms with E-state index in [1.165, 1.54) is 13.2 Å². The molecule has 0 radical (unpaired) electrons. The summed E-state index contributed by atoms with van der Waals surface area (Å²) in [6.45, 7) is 5.23. The molecule has 0 bridgehead atoms. The Morgan fingerprint density at radius 2 is 2.09 bits per heavy atom. The molecular weight excluding hydrogens is 408 g/mol. The van der Waals surface area contributed by atoms with Crippen LogP contribution in [0.1, 0.15) is 6.92 Å². The summed E-state index contributed by atoms with van der Waals surface area (Å²) in [5, 5.41) is 0.319. The van der Waals surface area contributed by atoms with Crippen molar-refractivity contribution in [3.05, 3.63) is 21.6 Å². The topological polar surface area (TPSA) is 67.9 Å². The quantitative estimate of drug-likeness (QED) is 0.753. The van der Waals surface area contributed by atoms with Crippen molar-refractivity contribution in [2.45, 2.75) is 17.9 Å². The summed E-state index contributed by atoms with van der Waals surface area (Å²) in [4.78, 5) is 2.21. The lowest BCUT2D eigenvalue weighted by atomic mass is 10.2. The van der Waals surface area contributed by atoms with E-state index in [9.17, 15) is 8.42 Å². The van der Waals surface area contributed by atoms with E-state index in [0.29, 0.717) is 29.3 Å². The average Bonchev–Trinajstić information content (AvgIpc) is 2.53. The third-order valence-electron chi connectivity index (χ3n) is 3.71. The molecule has 1 fully saturated rings. The third-order valence-corrected chi connectivity index (χ3v) is 5.94. The average molecular weight is 428 g/mol. The first kappa shape index (κ1) is 19.0. The van der Waals surface area contributed by atoms with Crippen molar-refractivity contribution in [1.82, 2.24) is 9.62 Å². The van der Waals surface area contributed by atoms with E-state index in [0.717, 1.165) is 13.1 Å². The van der Waals surface area contributed by atoms with Gasteiger partial charge in [-0.05, 0) is 35.0 Å². The lowest BCUT2D eigenvalue weighted by Gasteiger charge is -2.32. The molecule has 1 N–H and O–H groups in total. The van der Waals surface area contributed by atoms with E-state index >= 15 is 0 Å². The lowest BCUT2D eigenvalue weighted by molar-refractivity contribution is 0.0213. The van der Waals surface area contributed by atoms with Gasteiger partial charge in [-0.1, -0.05) is 11.6 Å². The van der Waals surface area contributed by atoms with Crippen molar-refractivity contribution in [2.75, 3.05) is 40.0 Å². The summed E-state index contributed by atoms with van der Waals surface area (Å²) >= 11 is 9.24. The van der Waals surface area contributed by atoms with Gasteiger partial charge in [-0.2, -0.15) is 0 Å². The molecule has 1 atom stereocenters. The largest absolute Gasteiger partial charge is 0.494 e. The summed E-state index contributed by atoms with van der Waals surface area (Å²) in [6.07, 6.45) is 0. The predicted octanol–water partition coefficient (Wildman–Crippen LogP) is 2.11. The smallest absolute Gasteiger partial charge is 0.244 e. The zero-order valence-electron chi connectivity index (χ0n) is 13.0. The zero-order valence-corrected chi connectivity index (χ0v) is 16.2. The number of hydrogen-bond acceptors (Lipinski definition) is 5. The standard InChI is InChI=1S/C14H20BrClN2O4S/c1-10(18-3-5-22-6-4-18)9-17-23(19,20)13-8-11(16)7-12(15)14(13)21-2/h7-8,10,17H,3-6,9H2,1-2H3/t10-/m1/s1. The molecule has 9 heteroatoms. The Morgan fingerprint density at radius 3 is 2.70 bits per heavy atom. The Hall–Kier alpha value is -0.380. The van der Waals surface area contributed by atoms with E-state index in [4.69, 9.17) is 21.1 Å². The van der Waals surface area contributed by atoms with Crippen molar-refractivity contribution < 1.29 is 17.9 Å². The molecule has 0 spiro atoms. The van der Waals surface area contributed by atoms with E-state index < -0.39 is 10.0 Å². The van der Waals surface area contributed by atoms with Gasteiger partial charge < -0.3 is 9.47 Å². The van der Waals surface area contributed by atoms with Crippen LogP contribution in [-0.4, -0.2) is 59.3 Å². The minimum atomic E-state index is -3.73. The number of rotatable bonds is 6. The van der Waals surface area contributed by atoms with E-state index in [-0.39, 0.29) is 16.7 Å². The maximum atomic E-state index is 12.6. The fraction of sp³-hybridized carbons (Fsp3) is 0.571. The van der Waals surface area contributed by atoms with Crippen LogP contribution in [0.3, 0.4) is 0 Å². The van der Waals surface area contributed by atoms with E-state index in [1.807, 2.05) is 6.92 Å². The maximum absolute atomic E-state index is 12.6. The van der Waals surface area contributed by atoms with Crippen LogP contribution >= 0.6 is 27.5 Å². The molecule has 130 valence electrons. The molecule has 0 saturated carbocycles. The van der Waals surface area contributed by atoms with Crippen LogP contribution in [0.2, 0.25) is 5.02 Å². The normalized spacial score (nSPS) is 17.9. The first-order chi connectivity index (χ1) is 10.8. The highest BCUT2D eigenvalue weighted by atomic mass is 79.9. The molecule has 1 heterocycles. The van der Waals surface area contributed by atoms with Gasteiger partial charge in [0.2, 0.25) is 10.0 Å². The van der Waals surface area contributed by atoms with Crippen LogP contribution in [0.25, 0.3) is 0 Å². The van der Waals surface area contributed by atoms with Gasteiger partial charge in [-0.15, -0.1) is 0 Å². The second kappa shape index (κ2) is 8.13. The van der Waals surface area contributed by atoms with Crippen LogP contribution in [0.4, 0.5) is 0 Å². The SMILES string of the molecule is COc1c(Br)cc(Cl)cc1S(=O)(=O)NC[C@@H](C)N1CCOCC1. The van der Waals surface area contributed by atoms with Crippen molar-refractivity contribution in [3.63, 3.8) is 0 Å². The number of nitrogens with zero attached hydrogens (tertiary/aromatic N) is 1. The van der Waals surface area contributed by atoms with Gasteiger partial charge in [0.05, 0.1) is 24.8 Å². The second-order valence-corrected chi connectivity index (χ2v) is 8.29. The Bertz CT molecular complexity index is 650. The molecule has 1 aliphatic heterocycles. The monoisotopic (exact) mass is 426 g/mol. The number of morpholine rings is 1.